The molecule has 2 aromatic carbocycles. The van der Waals surface area contributed by atoms with Crippen LogP contribution in [0.2, 0.25) is 0 Å². The maximum absolute atomic E-state index is 14.6. The summed E-state index contributed by atoms with van der Waals surface area (Å²) in [7, 11) is 0. The molecular weight excluding hydrogens is 1020 g/mol. The van der Waals surface area contributed by atoms with Crippen molar-refractivity contribution in [1.29, 1.82) is 0 Å². The lowest BCUT2D eigenvalue weighted by Gasteiger charge is -2.30. The van der Waals surface area contributed by atoms with Crippen molar-refractivity contribution in [2.45, 2.75) is 147 Å². The Hall–Kier alpha value is -8.13. The molecular formula is C53H84N18O8. The fourth-order valence-electron chi connectivity index (χ4n) is 8.29. The minimum absolute atomic E-state index is 0.0528. The van der Waals surface area contributed by atoms with E-state index in [-0.39, 0.29) is 88.8 Å². The SMILES string of the molecule is CC[C@H](C)[C@H](NC(=O)[C@H](CC(C)C)NC(=O)[C@H](CCCN=C(N)N)NC(=O)[C@H](CCCN=C(N)N)NC(=O)[C@H](CCCCN)NC(=O)[C@@H](NC(=O)[C@@H](N)Cc1cnc[nH]1)c1ccccc1)C(=O)N[C@@H](Cc1ccccc1)C(N)=O. The van der Waals surface area contributed by atoms with Crippen LogP contribution >= 0.6 is 0 Å². The number of guanidine groups is 2. The molecule has 3 rings (SSSR count). The average molecular weight is 1100 g/mol. The van der Waals surface area contributed by atoms with Crippen LogP contribution in [-0.4, -0.2) is 131 Å². The second-order valence-electron chi connectivity index (χ2n) is 19.8. The monoisotopic (exact) mass is 1100 g/mol. The lowest BCUT2D eigenvalue weighted by molar-refractivity contribution is -0.136. The van der Waals surface area contributed by atoms with E-state index in [1.54, 1.807) is 61.5 Å². The first-order valence-corrected chi connectivity index (χ1v) is 26.7. The topological polar surface area (TPSA) is 456 Å². The summed E-state index contributed by atoms with van der Waals surface area (Å²) in [6, 6.07) is 7.49. The van der Waals surface area contributed by atoms with Crippen LogP contribution in [0.1, 0.15) is 108 Å². The van der Waals surface area contributed by atoms with E-state index in [1.807, 2.05) is 26.8 Å². The average Bonchev–Trinajstić information content (AvgIpc) is 3.93. The zero-order valence-corrected chi connectivity index (χ0v) is 45.8. The maximum atomic E-state index is 14.6. The van der Waals surface area contributed by atoms with Crippen molar-refractivity contribution in [3.05, 3.63) is 90.0 Å². The second kappa shape index (κ2) is 34.6. The predicted molar refractivity (Wildman–Crippen MR) is 300 cm³/mol. The third kappa shape index (κ3) is 24.0. The van der Waals surface area contributed by atoms with Gasteiger partial charge in [-0.3, -0.25) is 48.3 Å². The quantitative estimate of drug-likeness (QED) is 0.0172. The number of amides is 8. The molecule has 1 heterocycles. The highest BCUT2D eigenvalue weighted by atomic mass is 16.2. The van der Waals surface area contributed by atoms with E-state index in [0.717, 1.165) is 5.56 Å². The fourth-order valence-corrected chi connectivity index (χ4v) is 8.29. The van der Waals surface area contributed by atoms with Gasteiger partial charge in [0.15, 0.2) is 11.9 Å². The van der Waals surface area contributed by atoms with Gasteiger partial charge in [0.2, 0.25) is 47.3 Å². The summed E-state index contributed by atoms with van der Waals surface area (Å²) in [5, 5.41) is 19.2. The van der Waals surface area contributed by atoms with E-state index in [1.165, 1.54) is 12.5 Å². The molecule has 0 aliphatic heterocycles. The summed E-state index contributed by atoms with van der Waals surface area (Å²) in [6.07, 6.45) is 4.87. The number of nitrogens with two attached hydrogens (primary N) is 7. The van der Waals surface area contributed by atoms with Crippen LogP contribution in [0.25, 0.3) is 0 Å². The largest absolute Gasteiger partial charge is 0.370 e. The van der Waals surface area contributed by atoms with Gasteiger partial charge in [-0.25, -0.2) is 4.98 Å². The molecule has 0 spiro atoms. The van der Waals surface area contributed by atoms with E-state index >= 15 is 0 Å². The number of imidazole rings is 1. The Labute approximate surface area is 461 Å². The van der Waals surface area contributed by atoms with Gasteiger partial charge in [0.25, 0.3) is 0 Å². The van der Waals surface area contributed by atoms with E-state index in [4.69, 9.17) is 40.1 Å². The molecule has 3 aromatic rings. The van der Waals surface area contributed by atoms with Crippen LogP contribution in [0.4, 0.5) is 0 Å². The number of primary amides is 1. The molecule has 0 bridgehead atoms. The van der Waals surface area contributed by atoms with Gasteiger partial charge < -0.3 is 82.3 Å². The molecule has 0 saturated heterocycles. The Kier molecular flexibility index (Phi) is 28.5. The number of unbranched alkanes of at least 4 members (excludes halogenated alkanes) is 1. The second-order valence-corrected chi connectivity index (χ2v) is 19.8. The molecule has 26 heteroatoms. The highest BCUT2D eigenvalue weighted by Crippen LogP contribution is 2.17. The lowest BCUT2D eigenvalue weighted by Crippen LogP contribution is -2.60. The third-order valence-corrected chi connectivity index (χ3v) is 12.8. The maximum Gasteiger partial charge on any atom is 0.247 e. The van der Waals surface area contributed by atoms with E-state index in [0.29, 0.717) is 30.5 Å². The minimum Gasteiger partial charge on any atom is -0.370 e. The smallest absolute Gasteiger partial charge is 0.247 e. The van der Waals surface area contributed by atoms with E-state index < -0.39 is 102 Å². The molecule has 8 amide bonds. The molecule has 22 N–H and O–H groups in total. The summed E-state index contributed by atoms with van der Waals surface area (Å²) < 4.78 is 0. The van der Waals surface area contributed by atoms with Crippen molar-refractivity contribution < 1.29 is 38.4 Å². The van der Waals surface area contributed by atoms with Crippen molar-refractivity contribution in [3.8, 4) is 0 Å². The van der Waals surface area contributed by atoms with Gasteiger partial charge in [-0.2, -0.15) is 0 Å². The Bertz CT molecular complexity index is 2450. The molecule has 0 saturated carbocycles. The third-order valence-electron chi connectivity index (χ3n) is 12.8. The number of aromatic amines is 1. The standard InChI is InChI=1S/C53H84N18O8/c1-5-32(4)42(50(78)68-40(44(56)72)27-33-16-8-6-9-17-33)70-49(77)41(26-31(2)3)69-48(76)39(22-15-25-63-53(59)60)66-47(75)38(21-14-24-62-52(57)58)65-46(74)37(20-12-13-23-54)67-51(79)43(34-18-10-7-11-19-34)71-45(73)36(55)28-35-29-61-30-64-35/h6-11,16-19,29-32,36-43H,5,12-15,20-28,54-55H2,1-4H3,(H2,56,72)(H,61,64)(H,65,74)(H,66,75)(H,67,79)(H,68,78)(H,69,76)(H,70,77)(H,71,73)(H4,57,58,62)(H4,59,60,63)/t32-,36-,37-,38-,39-,40-,41-,42-,43-/m0/s1. The van der Waals surface area contributed by atoms with Crippen LogP contribution in [0.5, 0.6) is 0 Å². The van der Waals surface area contributed by atoms with Crippen LogP contribution in [-0.2, 0) is 51.2 Å². The Morgan fingerprint density at radius 2 is 1.06 bits per heavy atom. The van der Waals surface area contributed by atoms with Gasteiger partial charge in [0, 0.05) is 37.8 Å². The number of aliphatic imine (C=N–C) groups is 2. The Morgan fingerprint density at radius 1 is 0.570 bits per heavy atom. The molecule has 79 heavy (non-hydrogen) atoms. The number of H-pyrrole nitrogens is 1. The van der Waals surface area contributed by atoms with E-state index in [2.05, 4.69) is 57.2 Å². The first-order chi connectivity index (χ1) is 37.6. The van der Waals surface area contributed by atoms with Crippen LogP contribution in [0.3, 0.4) is 0 Å². The molecule has 0 aliphatic rings. The van der Waals surface area contributed by atoms with Crippen molar-refractivity contribution in [1.82, 2.24) is 47.2 Å². The number of benzene rings is 2. The summed E-state index contributed by atoms with van der Waals surface area (Å²) in [5.41, 5.74) is 41.8. The summed E-state index contributed by atoms with van der Waals surface area (Å²) in [4.78, 5) is 127. The summed E-state index contributed by atoms with van der Waals surface area (Å²) in [5.74, 6) is -6.91. The number of hydrogen-bond acceptors (Lipinski definition) is 13. The number of rotatable bonds is 36. The van der Waals surface area contributed by atoms with Crippen molar-refractivity contribution in [3.63, 3.8) is 0 Å². The van der Waals surface area contributed by atoms with Gasteiger partial charge in [0.1, 0.15) is 42.3 Å². The summed E-state index contributed by atoms with van der Waals surface area (Å²) >= 11 is 0. The van der Waals surface area contributed by atoms with Gasteiger partial charge in [0.05, 0.1) is 12.4 Å². The predicted octanol–water partition coefficient (Wildman–Crippen LogP) is -1.90. The normalized spacial score (nSPS) is 14.5. The van der Waals surface area contributed by atoms with Crippen LogP contribution in [0.15, 0.2) is 83.2 Å². The fraction of sp³-hybridized carbons (Fsp3) is 0.528. The number of nitrogens with one attached hydrogen (secondary N) is 8. The van der Waals surface area contributed by atoms with Gasteiger partial charge in [-0.1, -0.05) is 94.8 Å². The number of carbonyl (C=O) groups is 8. The van der Waals surface area contributed by atoms with Crippen molar-refractivity contribution in [2.75, 3.05) is 19.6 Å². The molecule has 434 valence electrons. The molecule has 26 nitrogen and oxygen atoms in total. The number of carbonyl (C=O) groups excluding carboxylic acids is 8. The van der Waals surface area contributed by atoms with Crippen molar-refractivity contribution >= 4 is 59.2 Å². The highest BCUT2D eigenvalue weighted by Gasteiger charge is 2.36. The Balaban J connectivity index is 1.95. The van der Waals surface area contributed by atoms with E-state index in [9.17, 15) is 38.4 Å². The zero-order valence-electron chi connectivity index (χ0n) is 45.8. The molecule has 0 unspecified atom stereocenters. The first-order valence-electron chi connectivity index (χ1n) is 26.7. The first kappa shape index (κ1) is 65.2. The van der Waals surface area contributed by atoms with Crippen molar-refractivity contribution in [2.24, 2.45) is 62.0 Å². The van der Waals surface area contributed by atoms with Gasteiger partial charge >= 0.3 is 0 Å². The highest BCUT2D eigenvalue weighted by molar-refractivity contribution is 5.98. The van der Waals surface area contributed by atoms with Gasteiger partial charge in [-0.05, 0) is 80.9 Å². The molecule has 0 radical (unpaired) electrons. The van der Waals surface area contributed by atoms with Gasteiger partial charge in [-0.15, -0.1) is 0 Å². The lowest BCUT2D eigenvalue weighted by atomic mass is 9.95. The van der Waals surface area contributed by atoms with Crippen LogP contribution in [0, 0.1) is 11.8 Å². The minimum atomic E-state index is -1.36. The molecule has 0 aliphatic carbocycles. The Morgan fingerprint density at radius 3 is 1.54 bits per heavy atom. The molecule has 9 atom stereocenters. The van der Waals surface area contributed by atoms with Crippen LogP contribution < -0.4 is 77.4 Å². The number of hydrogen-bond donors (Lipinski definition) is 15. The number of nitrogens with zero attached hydrogens (tertiary/aromatic N) is 3. The molecule has 0 fully saturated rings. The number of aromatic nitrogens is 2. The molecule has 1 aromatic heterocycles. The summed E-state index contributed by atoms with van der Waals surface area (Å²) in [6.45, 7) is 7.65. The zero-order chi connectivity index (χ0) is 58.4.